The maximum Gasteiger partial charge on any atom is 0.226 e. The second-order valence-corrected chi connectivity index (χ2v) is 10.2. The fraction of sp³-hybridized carbons (Fsp3) is 0.654. The van der Waals surface area contributed by atoms with E-state index in [1.807, 2.05) is 19.1 Å². The molecule has 4 aliphatic rings. The van der Waals surface area contributed by atoms with Gasteiger partial charge in [-0.3, -0.25) is 4.79 Å². The summed E-state index contributed by atoms with van der Waals surface area (Å²) in [5.41, 5.74) is 1.75. The van der Waals surface area contributed by atoms with E-state index >= 15 is 0 Å². The summed E-state index contributed by atoms with van der Waals surface area (Å²) in [7, 11) is 0. The normalized spacial score (nSPS) is 33.2. The van der Waals surface area contributed by atoms with Crippen LogP contribution in [0.5, 0.6) is 5.75 Å². The molecule has 1 atom stereocenters. The summed E-state index contributed by atoms with van der Waals surface area (Å²) < 4.78 is 24.1. The molecule has 1 aliphatic heterocycles. The minimum atomic E-state index is -0.221. The summed E-state index contributed by atoms with van der Waals surface area (Å²) in [6.45, 7) is 5.75. The van der Waals surface area contributed by atoms with Gasteiger partial charge in [-0.1, -0.05) is 19.1 Å². The third-order valence-corrected chi connectivity index (χ3v) is 8.08. The Kier molecular flexibility index (Phi) is 6.43. The van der Waals surface area contributed by atoms with Crippen molar-refractivity contribution in [1.29, 1.82) is 0 Å². The van der Waals surface area contributed by atoms with Crippen LogP contribution in [0.2, 0.25) is 0 Å². The summed E-state index contributed by atoms with van der Waals surface area (Å²) in [6.07, 6.45) is 9.32. The molecule has 1 saturated heterocycles. The van der Waals surface area contributed by atoms with Crippen LogP contribution in [0.1, 0.15) is 77.2 Å². The quantitative estimate of drug-likeness (QED) is 0.613. The van der Waals surface area contributed by atoms with Gasteiger partial charge in [-0.15, -0.1) is 0 Å². The van der Waals surface area contributed by atoms with Gasteiger partial charge in [-0.05, 0) is 93.4 Å². The number of carbonyl (C=O) groups is 1. The lowest BCUT2D eigenvalue weighted by atomic mass is 9.51. The molecule has 1 aromatic rings. The molecule has 1 amide bonds. The number of amides is 1. The Labute approximate surface area is 185 Å². The van der Waals surface area contributed by atoms with Crippen LogP contribution in [-0.2, 0) is 14.9 Å². The van der Waals surface area contributed by atoms with Crippen LogP contribution in [0.4, 0.5) is 4.39 Å². The van der Waals surface area contributed by atoms with Gasteiger partial charge in [0, 0.05) is 12.0 Å². The zero-order valence-electron chi connectivity index (χ0n) is 19.0. The molecule has 4 nitrogen and oxygen atoms in total. The molecular formula is C26H36FNO3. The molecule has 0 aromatic heterocycles. The first-order chi connectivity index (χ1) is 14.9. The van der Waals surface area contributed by atoms with Crippen molar-refractivity contribution in [2.24, 2.45) is 5.41 Å². The van der Waals surface area contributed by atoms with Crippen LogP contribution in [0.25, 0.3) is 0 Å². The Hall–Kier alpha value is -1.88. The fourth-order valence-corrected chi connectivity index (χ4v) is 5.69. The van der Waals surface area contributed by atoms with Crippen molar-refractivity contribution in [3.8, 4) is 5.75 Å². The van der Waals surface area contributed by atoms with Crippen molar-refractivity contribution in [1.82, 2.24) is 5.32 Å². The Morgan fingerprint density at radius 1 is 1.13 bits per heavy atom. The SMILES string of the molecule is CC/C(=C\F)COc1ccc(C23CCC(C(=O)NC4(C)CCCOC4)(CC2)CC3)cc1. The van der Waals surface area contributed by atoms with Gasteiger partial charge in [0.1, 0.15) is 12.4 Å². The number of hydrogen-bond donors (Lipinski definition) is 1. The Morgan fingerprint density at radius 3 is 2.35 bits per heavy atom. The van der Waals surface area contributed by atoms with Gasteiger partial charge in [-0.25, -0.2) is 4.39 Å². The van der Waals surface area contributed by atoms with Crippen molar-refractivity contribution in [3.63, 3.8) is 0 Å². The number of nitrogens with one attached hydrogen (secondary N) is 1. The van der Waals surface area contributed by atoms with E-state index in [-0.39, 0.29) is 22.3 Å². The van der Waals surface area contributed by atoms with Crippen molar-refractivity contribution in [3.05, 3.63) is 41.7 Å². The molecular weight excluding hydrogens is 393 g/mol. The molecule has 0 spiro atoms. The van der Waals surface area contributed by atoms with Gasteiger partial charge in [0.2, 0.25) is 5.91 Å². The maximum absolute atomic E-state index is 13.3. The van der Waals surface area contributed by atoms with Gasteiger partial charge >= 0.3 is 0 Å². The highest BCUT2D eigenvalue weighted by molar-refractivity contribution is 5.84. The first-order valence-electron chi connectivity index (χ1n) is 11.8. The minimum absolute atomic E-state index is 0.172. The zero-order valence-corrected chi connectivity index (χ0v) is 19.0. The van der Waals surface area contributed by atoms with E-state index in [1.54, 1.807) is 0 Å². The van der Waals surface area contributed by atoms with Crippen LogP contribution in [-0.4, -0.2) is 31.3 Å². The Balaban J connectivity index is 1.37. The molecule has 0 radical (unpaired) electrons. The number of benzene rings is 1. The number of fused-ring (bicyclic) bond motifs is 3. The van der Waals surface area contributed by atoms with Gasteiger partial charge in [0.15, 0.2) is 0 Å². The minimum Gasteiger partial charge on any atom is -0.489 e. The molecule has 31 heavy (non-hydrogen) atoms. The number of hydrogen-bond acceptors (Lipinski definition) is 3. The Morgan fingerprint density at radius 2 is 1.81 bits per heavy atom. The molecule has 1 N–H and O–H groups in total. The smallest absolute Gasteiger partial charge is 0.226 e. The first kappa shape index (κ1) is 22.3. The monoisotopic (exact) mass is 429 g/mol. The van der Waals surface area contributed by atoms with Gasteiger partial charge in [-0.2, -0.15) is 0 Å². The molecule has 3 saturated carbocycles. The van der Waals surface area contributed by atoms with Crippen LogP contribution in [0.15, 0.2) is 36.2 Å². The van der Waals surface area contributed by atoms with E-state index in [4.69, 9.17) is 9.47 Å². The van der Waals surface area contributed by atoms with E-state index in [0.29, 0.717) is 31.5 Å². The molecule has 3 aliphatic carbocycles. The molecule has 1 aromatic carbocycles. The largest absolute Gasteiger partial charge is 0.489 e. The predicted molar refractivity (Wildman–Crippen MR) is 120 cm³/mol. The molecule has 2 bridgehead atoms. The summed E-state index contributed by atoms with van der Waals surface area (Å²) in [5.74, 6) is 1.02. The molecule has 1 unspecified atom stereocenters. The number of rotatable bonds is 7. The fourth-order valence-electron chi connectivity index (χ4n) is 5.69. The van der Waals surface area contributed by atoms with E-state index in [1.165, 1.54) is 5.56 Å². The maximum atomic E-state index is 13.3. The third-order valence-electron chi connectivity index (χ3n) is 8.08. The molecule has 5 rings (SSSR count). The highest BCUT2D eigenvalue weighted by atomic mass is 19.1. The topological polar surface area (TPSA) is 47.6 Å². The van der Waals surface area contributed by atoms with Crippen molar-refractivity contribution in [2.75, 3.05) is 19.8 Å². The van der Waals surface area contributed by atoms with Crippen LogP contribution in [0, 0.1) is 5.41 Å². The van der Waals surface area contributed by atoms with E-state index in [2.05, 4.69) is 24.4 Å². The van der Waals surface area contributed by atoms with Gasteiger partial charge in [0.25, 0.3) is 0 Å². The van der Waals surface area contributed by atoms with Crippen molar-refractivity contribution < 1.29 is 18.7 Å². The van der Waals surface area contributed by atoms with E-state index < -0.39 is 0 Å². The second kappa shape index (κ2) is 8.93. The first-order valence-corrected chi connectivity index (χ1v) is 11.8. The summed E-state index contributed by atoms with van der Waals surface area (Å²) >= 11 is 0. The standard InChI is InChI=1S/C26H36FNO3/c1-3-20(17-27)18-31-22-7-5-21(6-8-22)25-10-13-26(14-11-25,15-12-25)23(29)28-24(2)9-4-16-30-19-24/h5-8,17H,3-4,9-16,18-19H2,1-2H3,(H,28,29)/b20-17+. The summed E-state index contributed by atoms with van der Waals surface area (Å²) in [5, 5.41) is 3.36. The molecule has 4 fully saturated rings. The van der Waals surface area contributed by atoms with Crippen molar-refractivity contribution in [2.45, 2.75) is 82.6 Å². The number of ether oxygens (including phenoxy) is 2. The van der Waals surface area contributed by atoms with Gasteiger partial charge < -0.3 is 14.8 Å². The van der Waals surface area contributed by atoms with Crippen LogP contribution >= 0.6 is 0 Å². The van der Waals surface area contributed by atoms with Gasteiger partial charge in [0.05, 0.1) is 18.5 Å². The predicted octanol–water partition coefficient (Wildman–Crippen LogP) is 5.61. The zero-order chi connectivity index (χ0) is 22.0. The lowest BCUT2D eigenvalue weighted by molar-refractivity contribution is -0.141. The highest BCUT2D eigenvalue weighted by Crippen LogP contribution is 2.58. The summed E-state index contributed by atoms with van der Waals surface area (Å²) in [4.78, 5) is 13.3. The van der Waals surface area contributed by atoms with Crippen LogP contribution in [0.3, 0.4) is 0 Å². The average molecular weight is 430 g/mol. The lowest BCUT2D eigenvalue weighted by Gasteiger charge is -2.53. The number of carbonyl (C=O) groups excluding carboxylic acids is 1. The summed E-state index contributed by atoms with van der Waals surface area (Å²) in [6, 6.07) is 8.34. The highest BCUT2D eigenvalue weighted by Gasteiger charge is 2.53. The molecule has 170 valence electrons. The molecule has 1 heterocycles. The van der Waals surface area contributed by atoms with Crippen LogP contribution < -0.4 is 10.1 Å². The number of halogens is 1. The van der Waals surface area contributed by atoms with E-state index in [0.717, 1.165) is 63.7 Å². The third kappa shape index (κ3) is 4.52. The lowest BCUT2D eigenvalue weighted by Crippen LogP contribution is -2.58. The second-order valence-electron chi connectivity index (χ2n) is 10.2. The van der Waals surface area contributed by atoms with Crippen molar-refractivity contribution >= 4 is 5.91 Å². The average Bonchev–Trinajstić information content (AvgIpc) is 2.81. The van der Waals surface area contributed by atoms with E-state index in [9.17, 15) is 9.18 Å². The Bertz CT molecular complexity index is 786. The molecule has 5 heteroatoms.